The number of aliphatic hydroxyl groups is 1. The molecule has 7 aliphatic heterocycles. The molecule has 27 nitrogen and oxygen atoms in total. The number of nitrogens with one attached hydrogen (secondary N) is 5. The fourth-order valence-electron chi connectivity index (χ4n) is 19.6. The Balaban J connectivity index is 0.000000122. The topological polar surface area (TPSA) is 310 Å². The van der Waals surface area contributed by atoms with Gasteiger partial charge in [0.05, 0.1) is 19.8 Å². The molecule has 3 saturated heterocycles. The molecule has 0 spiro atoms. The number of hydrogen-bond acceptors (Lipinski definition) is 18. The van der Waals surface area contributed by atoms with Gasteiger partial charge in [0, 0.05) is 153 Å². The van der Waals surface area contributed by atoms with Crippen LogP contribution < -0.4 is 33.7 Å². The van der Waals surface area contributed by atoms with Crippen molar-refractivity contribution in [3.8, 4) is 34.5 Å². The number of aromatic amines is 4. The van der Waals surface area contributed by atoms with Gasteiger partial charge < -0.3 is 82.6 Å². The molecule has 0 radical (unpaired) electrons. The van der Waals surface area contributed by atoms with E-state index in [-0.39, 0.29) is 42.9 Å². The molecule has 0 aliphatic carbocycles. The summed E-state index contributed by atoms with van der Waals surface area (Å²) in [5, 5.41) is 21.9. The number of aromatic nitrogens is 4. The van der Waals surface area contributed by atoms with Gasteiger partial charge in [-0.1, -0.05) is 130 Å². The van der Waals surface area contributed by atoms with Crippen molar-refractivity contribution in [1.82, 2.24) is 49.8 Å². The Bertz CT molecular complexity index is 7240. The van der Waals surface area contributed by atoms with E-state index in [0.717, 1.165) is 136 Å². The van der Waals surface area contributed by atoms with Crippen LogP contribution in [0.25, 0.3) is 43.6 Å². The third-order valence-corrected chi connectivity index (χ3v) is 28.2. The SMILES string of the molecule is CC(=O)Oc1ccc(C2c3[nH]c4ccc(Cl)cc4c3CCN2C(=O)Oc2ccc(Cl)cc2)cc1.CCOC(=O)N1CCc2c([nH]c3ccc(Cl)cc23)C1c1ccc(C(=O)NCC2COC(C)(C)O2)cc1.O=C(Oc1ccc(Cl)cc1)N1CCc2c([nH]c3ccc(Cl)cc23)C1c1ccc(OCC(O)CN2CCCC2)cc1.O=C(Oc1ccc(Cl)cc1)N1CCc2c([nH]c3ccc(Cl)cc23)C1c1ccc(OCC2CO2)cc1. The lowest BCUT2D eigenvalue weighted by Crippen LogP contribution is -2.42. The minimum Gasteiger partial charge on any atom is -0.491 e. The van der Waals surface area contributed by atoms with Crippen molar-refractivity contribution in [2.75, 3.05) is 85.4 Å². The smallest absolute Gasteiger partial charge is 0.416 e. The van der Waals surface area contributed by atoms with Crippen molar-refractivity contribution in [3.05, 3.63) is 351 Å². The normalized spacial score (nSPS) is 18.3. The second-order valence-corrected chi connectivity index (χ2v) is 39.8. The van der Waals surface area contributed by atoms with Gasteiger partial charge >= 0.3 is 30.3 Å². The number of epoxide rings is 1. The van der Waals surface area contributed by atoms with Crippen LogP contribution in [0.3, 0.4) is 0 Å². The van der Waals surface area contributed by atoms with Crippen molar-refractivity contribution in [2.45, 2.75) is 114 Å². The van der Waals surface area contributed by atoms with Crippen LogP contribution in [0.2, 0.25) is 35.2 Å². The van der Waals surface area contributed by atoms with Gasteiger partial charge in [0.25, 0.3) is 5.91 Å². The zero-order valence-corrected chi connectivity index (χ0v) is 84.7. The van der Waals surface area contributed by atoms with Crippen LogP contribution in [0.15, 0.2) is 243 Å². The first-order valence-corrected chi connectivity index (χ1v) is 50.6. The highest BCUT2D eigenvalue weighted by Crippen LogP contribution is 2.47. The van der Waals surface area contributed by atoms with Crippen molar-refractivity contribution < 1.29 is 81.2 Å². The molecule has 34 heteroatoms. The van der Waals surface area contributed by atoms with Gasteiger partial charge in [0.1, 0.15) is 90.2 Å². The van der Waals surface area contributed by atoms with E-state index in [0.29, 0.717) is 154 Å². The largest absolute Gasteiger partial charge is 0.491 e. The van der Waals surface area contributed by atoms with Gasteiger partial charge in [-0.05, 0) is 311 Å². The predicted molar refractivity (Wildman–Crippen MR) is 558 cm³/mol. The third kappa shape index (κ3) is 23.6. The van der Waals surface area contributed by atoms with Crippen LogP contribution in [0.1, 0.15) is 142 Å². The summed E-state index contributed by atoms with van der Waals surface area (Å²) in [6.45, 7) is 14.1. The molecule has 3 fully saturated rings. The number of nitrogens with zero attached hydrogens (tertiary/aromatic N) is 5. The standard InChI is InChI=1S/C31H31Cl2N3O4.C27H22Cl2N2O4.C27H30ClN3O5.C26H20Cl2N2O4/c32-21-5-10-25(11-6-21)40-31(38)36-16-13-26-27-17-22(33)7-12-28(27)34-29(26)30(36)20-3-8-24(9-4-20)39-19-23(37)18-35-14-1-2-15-35;28-17-3-8-20(9-4-17)35-27(32)31-12-11-22-23-13-18(29)5-10-24(23)30-25(22)26(31)16-1-6-19(7-2-16)33-14-21-15-34-21;1-4-34-26(33)31-12-11-20-21-13-18(28)9-10-22(21)30-23(20)24(31)16-5-7-17(8-6-16)25(32)29-14-19-15-35-27(2,3)36-19;1-15(31)33-19-7-2-16(3-8-19)25-24-21(22-14-18(28)6-11-23(22)29-24)12-13-30(25)26(32)34-20-9-4-17(27)5-10-20/h3-12,17,23,30,34,37H,1-2,13-16,18-19H2;1-10,13,21,26,30H,11-12,14-15H2;5-10,13,19,24,30H,4,11-12,14-15H2,1-3H3,(H,29,32);2-11,14,25,29H,12-13H2,1H3. The van der Waals surface area contributed by atoms with E-state index < -0.39 is 48.2 Å². The van der Waals surface area contributed by atoms with Gasteiger partial charge in [-0.3, -0.25) is 29.2 Å². The second-order valence-electron chi connectivity index (χ2n) is 36.7. The van der Waals surface area contributed by atoms with E-state index in [9.17, 15) is 33.9 Å². The van der Waals surface area contributed by atoms with E-state index in [1.54, 1.807) is 124 Å². The summed E-state index contributed by atoms with van der Waals surface area (Å²) in [6.07, 6.45) is 2.81. The average Bonchev–Trinajstić information content (AvgIpc) is 1.62. The average molecular weight is 2100 g/mol. The number of rotatable bonds is 20. The lowest BCUT2D eigenvalue weighted by molar-refractivity contribution is -0.137. The predicted octanol–water partition coefficient (Wildman–Crippen LogP) is 24.2. The van der Waals surface area contributed by atoms with Crippen LogP contribution >= 0.6 is 81.2 Å². The van der Waals surface area contributed by atoms with E-state index in [1.165, 1.54) is 19.8 Å². The number of likely N-dealkylation sites (tertiary alicyclic amines) is 1. The van der Waals surface area contributed by atoms with Crippen molar-refractivity contribution in [3.63, 3.8) is 0 Å². The first-order valence-electron chi connectivity index (χ1n) is 48.0. The summed E-state index contributed by atoms with van der Waals surface area (Å²) in [6, 6.07) is 71.7. The van der Waals surface area contributed by atoms with Crippen LogP contribution in [0.4, 0.5) is 19.2 Å². The number of carbonyl (C=O) groups excluding carboxylic acids is 6. The summed E-state index contributed by atoms with van der Waals surface area (Å²) < 4.78 is 55.9. The van der Waals surface area contributed by atoms with Gasteiger partial charge in [0.15, 0.2) is 5.79 Å². The minimum atomic E-state index is -0.630. The molecule has 15 aromatic rings. The van der Waals surface area contributed by atoms with Gasteiger partial charge in [-0.15, -0.1) is 0 Å². The van der Waals surface area contributed by atoms with Crippen molar-refractivity contribution >= 4 is 161 Å². The Morgan fingerprint density at radius 3 is 1.07 bits per heavy atom. The molecule has 11 heterocycles. The number of aliphatic hydroxyl groups excluding tert-OH is 1. The fraction of sp³-hybridized carbons (Fsp3) is 0.279. The van der Waals surface area contributed by atoms with Gasteiger partial charge in [0.2, 0.25) is 0 Å². The molecule has 22 rings (SSSR count). The van der Waals surface area contributed by atoms with Crippen LogP contribution in [-0.4, -0.2) is 195 Å². The highest BCUT2D eigenvalue weighted by Gasteiger charge is 2.42. The fourth-order valence-corrected chi connectivity index (χ4v) is 20.7. The Morgan fingerprint density at radius 2 is 0.731 bits per heavy atom. The number of hydrogen-bond donors (Lipinski definition) is 6. The Hall–Kier alpha value is -13.0. The first-order chi connectivity index (χ1) is 70.1. The molecule has 7 aliphatic rings. The number of halogens is 7. The Morgan fingerprint density at radius 1 is 0.407 bits per heavy atom. The Kier molecular flexibility index (Phi) is 30.9. The third-order valence-electron chi connectivity index (χ3n) is 26.5. The molecule has 7 atom stereocenters. The molecule has 145 heavy (non-hydrogen) atoms. The zero-order chi connectivity index (χ0) is 101. The number of H-pyrrole nitrogens is 4. The van der Waals surface area contributed by atoms with Gasteiger partial charge in [-0.25, -0.2) is 19.2 Å². The number of esters is 1. The molecule has 5 amide bonds. The minimum absolute atomic E-state index is 0.183. The van der Waals surface area contributed by atoms with E-state index >= 15 is 0 Å². The number of fused-ring (bicyclic) bond motifs is 12. The number of carbonyl (C=O) groups is 6. The molecular formula is C111H103Cl7N10O17. The van der Waals surface area contributed by atoms with Crippen molar-refractivity contribution in [2.24, 2.45) is 0 Å². The van der Waals surface area contributed by atoms with Crippen LogP contribution in [-0.2, 0) is 49.4 Å². The molecule has 6 N–H and O–H groups in total. The lowest BCUT2D eigenvalue weighted by atomic mass is 9.92. The highest BCUT2D eigenvalue weighted by atomic mass is 35.5. The lowest BCUT2D eigenvalue weighted by Gasteiger charge is -2.35. The number of β-amino-alcohol motifs (C(OH)–C–C–N with tert-alkyl or cyclic N) is 1. The van der Waals surface area contributed by atoms with Crippen LogP contribution in [0, 0.1) is 0 Å². The van der Waals surface area contributed by atoms with Crippen molar-refractivity contribution in [1.29, 1.82) is 0 Å². The molecule has 0 saturated carbocycles. The maximum Gasteiger partial charge on any atom is 0.416 e. The van der Waals surface area contributed by atoms with Crippen LogP contribution in [0.5, 0.6) is 34.5 Å². The summed E-state index contributed by atoms with van der Waals surface area (Å²) in [7, 11) is 0. The second kappa shape index (κ2) is 44.5. The Labute approximate surface area is 870 Å². The molecule has 11 aromatic carbocycles. The molecule has 0 bridgehead atoms. The number of ether oxygens (including phenoxy) is 10. The summed E-state index contributed by atoms with van der Waals surface area (Å²) in [4.78, 5) is 100. The summed E-state index contributed by atoms with van der Waals surface area (Å²) in [5.41, 5.74) is 16.3. The summed E-state index contributed by atoms with van der Waals surface area (Å²) in [5.74, 6) is 1.93. The monoisotopic (exact) mass is 2090 g/mol. The molecule has 7 unspecified atom stereocenters. The van der Waals surface area contributed by atoms with E-state index in [1.807, 2.05) is 159 Å². The number of amides is 5. The summed E-state index contributed by atoms with van der Waals surface area (Å²) >= 11 is 43.1. The van der Waals surface area contributed by atoms with Gasteiger partial charge in [-0.2, -0.15) is 0 Å². The first kappa shape index (κ1) is 101. The maximum atomic E-state index is 13.5. The molecule has 748 valence electrons. The quantitative estimate of drug-likeness (QED) is 0.0235. The zero-order valence-electron chi connectivity index (χ0n) is 79.4. The van der Waals surface area contributed by atoms with E-state index in [4.69, 9.17) is 129 Å². The molecule has 4 aromatic heterocycles. The maximum absolute atomic E-state index is 13.5. The number of benzene rings is 11. The molecular weight excluding hydrogens is 1990 g/mol. The van der Waals surface area contributed by atoms with E-state index in [2.05, 4.69) is 30.2 Å². The highest BCUT2D eigenvalue weighted by molar-refractivity contribution is 6.33.